The Balaban J connectivity index is 0.000000220. The number of nitrogens with zero attached hydrogens (tertiary/aromatic N) is 2. The van der Waals surface area contributed by atoms with Crippen LogP contribution in [-0.2, 0) is 0 Å². The molecule has 2 aromatic heterocycles. The SMILES string of the molecule is Cc1cc(C(C)C)cc(C)n1.Cc1cc(C)nc(C(C)C)c1. The molecule has 0 amide bonds. The van der Waals surface area contributed by atoms with Gasteiger partial charge in [0.1, 0.15) is 0 Å². The molecule has 2 heteroatoms. The summed E-state index contributed by atoms with van der Waals surface area (Å²) in [6.45, 7) is 17.0. The first-order valence-electron chi connectivity index (χ1n) is 8.09. The van der Waals surface area contributed by atoms with Crippen LogP contribution in [0.2, 0.25) is 0 Å². The van der Waals surface area contributed by atoms with Crippen LogP contribution in [-0.4, -0.2) is 9.97 Å². The van der Waals surface area contributed by atoms with Crippen molar-refractivity contribution in [2.24, 2.45) is 0 Å². The lowest BCUT2D eigenvalue weighted by molar-refractivity contribution is 0.813. The number of hydrogen-bond acceptors (Lipinski definition) is 2. The van der Waals surface area contributed by atoms with Gasteiger partial charge >= 0.3 is 0 Å². The molecular weight excluding hydrogens is 268 g/mol. The van der Waals surface area contributed by atoms with Crippen molar-refractivity contribution in [3.63, 3.8) is 0 Å². The van der Waals surface area contributed by atoms with E-state index in [0.717, 1.165) is 17.1 Å². The Bertz CT molecular complexity index is 517. The van der Waals surface area contributed by atoms with Crippen LogP contribution in [0, 0.1) is 27.7 Å². The Hall–Kier alpha value is -1.70. The van der Waals surface area contributed by atoms with Gasteiger partial charge in [0.05, 0.1) is 0 Å². The minimum atomic E-state index is 0.536. The van der Waals surface area contributed by atoms with Gasteiger partial charge in [-0.3, -0.25) is 9.97 Å². The Morgan fingerprint density at radius 1 is 0.636 bits per heavy atom. The van der Waals surface area contributed by atoms with Gasteiger partial charge in [-0.25, -0.2) is 0 Å². The van der Waals surface area contributed by atoms with E-state index in [4.69, 9.17) is 0 Å². The van der Waals surface area contributed by atoms with Gasteiger partial charge in [-0.2, -0.15) is 0 Å². The molecule has 120 valence electrons. The van der Waals surface area contributed by atoms with Crippen molar-refractivity contribution in [2.75, 3.05) is 0 Å². The summed E-state index contributed by atoms with van der Waals surface area (Å²) >= 11 is 0. The maximum Gasteiger partial charge on any atom is 0.0434 e. The fraction of sp³-hybridized carbons (Fsp3) is 0.500. The molecule has 0 unspecified atom stereocenters. The van der Waals surface area contributed by atoms with Gasteiger partial charge in [0.25, 0.3) is 0 Å². The topological polar surface area (TPSA) is 25.8 Å². The van der Waals surface area contributed by atoms with E-state index >= 15 is 0 Å². The molecule has 22 heavy (non-hydrogen) atoms. The molecule has 0 N–H and O–H groups in total. The second kappa shape index (κ2) is 8.07. The summed E-state index contributed by atoms with van der Waals surface area (Å²) < 4.78 is 0. The van der Waals surface area contributed by atoms with E-state index in [9.17, 15) is 0 Å². The van der Waals surface area contributed by atoms with Crippen LogP contribution in [0.15, 0.2) is 24.3 Å². The van der Waals surface area contributed by atoms with Gasteiger partial charge in [0, 0.05) is 22.8 Å². The molecule has 2 nitrogen and oxygen atoms in total. The number of aromatic nitrogens is 2. The van der Waals surface area contributed by atoms with Crippen LogP contribution in [0.3, 0.4) is 0 Å². The normalized spacial score (nSPS) is 10.6. The third-order valence-electron chi connectivity index (χ3n) is 3.48. The van der Waals surface area contributed by atoms with E-state index in [1.807, 2.05) is 20.8 Å². The molecule has 0 saturated heterocycles. The summed E-state index contributed by atoms with van der Waals surface area (Å²) in [4.78, 5) is 8.75. The lowest BCUT2D eigenvalue weighted by Gasteiger charge is -2.06. The first-order chi connectivity index (χ1) is 10.2. The van der Waals surface area contributed by atoms with E-state index < -0.39 is 0 Å². The molecule has 0 aliphatic rings. The standard InChI is InChI=1S/2C10H15N/c1-7(2)10-5-8(3)11-9(4)6-10;1-7(2)10-6-8(3)5-9(4)11-10/h2*5-7H,1-4H3. The van der Waals surface area contributed by atoms with Gasteiger partial charge in [-0.05, 0) is 74.9 Å². The fourth-order valence-corrected chi connectivity index (χ4v) is 2.37. The maximum atomic E-state index is 4.43. The summed E-state index contributed by atoms with van der Waals surface area (Å²) in [5, 5.41) is 0. The van der Waals surface area contributed by atoms with Crippen molar-refractivity contribution >= 4 is 0 Å². The van der Waals surface area contributed by atoms with E-state index in [0.29, 0.717) is 11.8 Å². The summed E-state index contributed by atoms with van der Waals surface area (Å²) in [7, 11) is 0. The van der Waals surface area contributed by atoms with Gasteiger partial charge in [-0.15, -0.1) is 0 Å². The summed E-state index contributed by atoms with van der Waals surface area (Å²) in [6.07, 6.45) is 0. The van der Waals surface area contributed by atoms with Crippen molar-refractivity contribution < 1.29 is 0 Å². The monoisotopic (exact) mass is 298 g/mol. The zero-order chi connectivity index (χ0) is 16.9. The van der Waals surface area contributed by atoms with Crippen LogP contribution in [0.25, 0.3) is 0 Å². The van der Waals surface area contributed by atoms with Crippen LogP contribution in [0.5, 0.6) is 0 Å². The molecule has 0 spiro atoms. The third-order valence-corrected chi connectivity index (χ3v) is 3.48. The molecule has 2 heterocycles. The number of rotatable bonds is 2. The van der Waals surface area contributed by atoms with Crippen LogP contribution in [0.4, 0.5) is 0 Å². The number of pyridine rings is 2. The van der Waals surface area contributed by atoms with E-state index in [1.165, 1.54) is 16.8 Å². The fourth-order valence-electron chi connectivity index (χ4n) is 2.37. The highest BCUT2D eigenvalue weighted by molar-refractivity contribution is 5.23. The first kappa shape index (κ1) is 18.3. The second-order valence-electron chi connectivity index (χ2n) is 6.70. The Labute approximate surface area is 136 Å². The molecule has 0 atom stereocenters. The van der Waals surface area contributed by atoms with Crippen molar-refractivity contribution in [1.29, 1.82) is 0 Å². The quantitative estimate of drug-likeness (QED) is 0.716. The van der Waals surface area contributed by atoms with Crippen LogP contribution in [0.1, 0.15) is 73.4 Å². The lowest BCUT2D eigenvalue weighted by Crippen LogP contribution is -1.95. The van der Waals surface area contributed by atoms with E-state index in [2.05, 4.69) is 68.9 Å². The van der Waals surface area contributed by atoms with Gasteiger partial charge in [0.15, 0.2) is 0 Å². The van der Waals surface area contributed by atoms with Gasteiger partial charge in [0.2, 0.25) is 0 Å². The van der Waals surface area contributed by atoms with Crippen LogP contribution < -0.4 is 0 Å². The smallest absolute Gasteiger partial charge is 0.0434 e. The Morgan fingerprint density at radius 3 is 1.55 bits per heavy atom. The Morgan fingerprint density at radius 2 is 1.14 bits per heavy atom. The predicted octanol–water partition coefficient (Wildman–Crippen LogP) is 5.64. The van der Waals surface area contributed by atoms with Crippen molar-refractivity contribution in [3.8, 4) is 0 Å². The zero-order valence-electron chi connectivity index (χ0n) is 15.4. The average molecular weight is 298 g/mol. The second-order valence-corrected chi connectivity index (χ2v) is 6.70. The molecular formula is C20H30N2. The summed E-state index contributed by atoms with van der Waals surface area (Å²) in [5.41, 5.74) is 7.25. The molecule has 0 aromatic carbocycles. The molecule has 0 bridgehead atoms. The van der Waals surface area contributed by atoms with E-state index in [1.54, 1.807) is 0 Å². The summed E-state index contributed by atoms with van der Waals surface area (Å²) in [6, 6.07) is 8.55. The summed E-state index contributed by atoms with van der Waals surface area (Å²) in [5.74, 6) is 1.14. The van der Waals surface area contributed by atoms with Gasteiger partial charge in [-0.1, -0.05) is 27.7 Å². The maximum absolute atomic E-state index is 4.43. The number of aryl methyl sites for hydroxylation is 4. The molecule has 0 fully saturated rings. The highest BCUT2D eigenvalue weighted by Crippen LogP contribution is 2.15. The van der Waals surface area contributed by atoms with Crippen molar-refractivity contribution in [1.82, 2.24) is 9.97 Å². The number of hydrogen-bond donors (Lipinski definition) is 0. The van der Waals surface area contributed by atoms with E-state index in [-0.39, 0.29) is 0 Å². The molecule has 2 rings (SSSR count). The Kier molecular flexibility index (Phi) is 6.73. The molecule has 0 radical (unpaired) electrons. The minimum absolute atomic E-state index is 0.536. The lowest BCUT2D eigenvalue weighted by atomic mass is 10.0. The molecule has 0 aliphatic heterocycles. The minimum Gasteiger partial charge on any atom is -0.258 e. The van der Waals surface area contributed by atoms with Gasteiger partial charge < -0.3 is 0 Å². The predicted molar refractivity (Wildman–Crippen MR) is 95.6 cm³/mol. The van der Waals surface area contributed by atoms with Crippen LogP contribution >= 0.6 is 0 Å². The average Bonchev–Trinajstić information content (AvgIpc) is 2.37. The van der Waals surface area contributed by atoms with Crippen molar-refractivity contribution in [3.05, 3.63) is 58.2 Å². The first-order valence-corrected chi connectivity index (χ1v) is 8.09. The zero-order valence-corrected chi connectivity index (χ0v) is 15.4. The molecule has 2 aromatic rings. The highest BCUT2D eigenvalue weighted by atomic mass is 14.7. The molecule has 0 aliphatic carbocycles. The molecule has 0 saturated carbocycles. The largest absolute Gasteiger partial charge is 0.258 e. The van der Waals surface area contributed by atoms with Crippen molar-refractivity contribution in [2.45, 2.75) is 67.2 Å². The highest BCUT2D eigenvalue weighted by Gasteiger charge is 2.01. The third kappa shape index (κ3) is 5.97.